The minimum Gasteiger partial charge on any atom is -0.493 e. The van der Waals surface area contributed by atoms with Crippen LogP contribution in [0.2, 0.25) is 0 Å². The minimum absolute atomic E-state index is 0.224. The summed E-state index contributed by atoms with van der Waals surface area (Å²) >= 11 is 0. The van der Waals surface area contributed by atoms with Crippen molar-refractivity contribution in [2.24, 2.45) is 5.92 Å². The third-order valence-corrected chi connectivity index (χ3v) is 3.67. The predicted molar refractivity (Wildman–Crippen MR) is 82.7 cm³/mol. The van der Waals surface area contributed by atoms with Gasteiger partial charge in [0.2, 0.25) is 0 Å². The Labute approximate surface area is 126 Å². The van der Waals surface area contributed by atoms with E-state index in [1.807, 2.05) is 18.2 Å². The van der Waals surface area contributed by atoms with Gasteiger partial charge in [-0.2, -0.15) is 0 Å². The lowest BCUT2D eigenvalue weighted by Crippen LogP contribution is -2.23. The van der Waals surface area contributed by atoms with Crippen LogP contribution in [-0.4, -0.2) is 26.5 Å². The Morgan fingerprint density at radius 2 is 1.95 bits per heavy atom. The van der Waals surface area contributed by atoms with E-state index in [0.717, 1.165) is 36.6 Å². The van der Waals surface area contributed by atoms with Gasteiger partial charge in [-0.15, -0.1) is 0 Å². The second-order valence-electron chi connectivity index (χ2n) is 5.52. The van der Waals surface area contributed by atoms with Gasteiger partial charge in [0, 0.05) is 24.7 Å². The minimum atomic E-state index is 0.224. The Morgan fingerprint density at radius 3 is 2.62 bits per heavy atom. The van der Waals surface area contributed by atoms with Crippen molar-refractivity contribution in [3.63, 3.8) is 0 Å². The van der Waals surface area contributed by atoms with Crippen LogP contribution in [0.25, 0.3) is 0 Å². The number of benzene rings is 1. The highest BCUT2D eigenvalue weighted by atomic mass is 16.5. The highest BCUT2D eigenvalue weighted by Gasteiger charge is 2.16. The number of rotatable bonds is 6. The molecule has 2 rings (SSSR count). The van der Waals surface area contributed by atoms with E-state index in [1.165, 1.54) is 5.56 Å². The quantitative estimate of drug-likeness (QED) is 0.874. The molecule has 0 heterocycles. The number of ether oxygens (including phenoxy) is 2. The number of ketones is 1. The molecule has 0 aromatic heterocycles. The maximum atomic E-state index is 11.5. The molecule has 21 heavy (non-hydrogen) atoms. The van der Waals surface area contributed by atoms with Gasteiger partial charge in [-0.25, -0.2) is 0 Å². The fraction of sp³-hybridized carbons (Fsp3) is 0.471. The molecule has 0 saturated carbocycles. The molecule has 0 spiro atoms. The maximum absolute atomic E-state index is 11.5. The first-order valence-electron chi connectivity index (χ1n) is 7.30. The third kappa shape index (κ3) is 4.25. The predicted octanol–water partition coefficient (Wildman–Crippen LogP) is 2.72. The van der Waals surface area contributed by atoms with Gasteiger partial charge in [-0.05, 0) is 36.5 Å². The van der Waals surface area contributed by atoms with E-state index in [0.29, 0.717) is 12.3 Å². The Bertz CT molecular complexity index is 537. The number of allylic oxidation sites excluding steroid dienone is 2. The number of hydrogen-bond acceptors (Lipinski definition) is 4. The van der Waals surface area contributed by atoms with Gasteiger partial charge in [0.25, 0.3) is 0 Å². The number of nitrogens with one attached hydrogen (secondary N) is 1. The molecule has 0 bridgehead atoms. The largest absolute Gasteiger partial charge is 0.493 e. The van der Waals surface area contributed by atoms with E-state index in [-0.39, 0.29) is 5.78 Å². The van der Waals surface area contributed by atoms with Gasteiger partial charge >= 0.3 is 0 Å². The van der Waals surface area contributed by atoms with Crippen molar-refractivity contribution in [3.8, 4) is 11.5 Å². The van der Waals surface area contributed by atoms with Crippen molar-refractivity contribution in [1.82, 2.24) is 5.32 Å². The first-order valence-corrected chi connectivity index (χ1v) is 7.30. The molecule has 1 aromatic carbocycles. The molecular weight excluding hydrogens is 266 g/mol. The monoisotopic (exact) mass is 289 g/mol. The summed E-state index contributed by atoms with van der Waals surface area (Å²) < 4.78 is 10.5. The molecule has 1 aliphatic rings. The van der Waals surface area contributed by atoms with Crippen molar-refractivity contribution in [2.45, 2.75) is 26.2 Å². The molecule has 1 atom stereocenters. The molecule has 1 aliphatic carbocycles. The summed E-state index contributed by atoms with van der Waals surface area (Å²) in [7, 11) is 3.27. The SMILES string of the molecule is COc1ccc(CCNC2=CC(=O)C[C@H](C)C2)cc1OC. The second kappa shape index (κ2) is 7.16. The lowest BCUT2D eigenvalue weighted by molar-refractivity contribution is -0.115. The third-order valence-electron chi connectivity index (χ3n) is 3.67. The van der Waals surface area contributed by atoms with Crippen molar-refractivity contribution in [2.75, 3.05) is 20.8 Å². The highest BCUT2D eigenvalue weighted by molar-refractivity contribution is 5.91. The fourth-order valence-corrected chi connectivity index (χ4v) is 2.63. The molecule has 0 fully saturated rings. The van der Waals surface area contributed by atoms with Crippen molar-refractivity contribution < 1.29 is 14.3 Å². The van der Waals surface area contributed by atoms with Crippen LogP contribution in [0.15, 0.2) is 30.0 Å². The number of carbonyl (C=O) groups is 1. The summed E-state index contributed by atoms with van der Waals surface area (Å²) in [6.45, 7) is 2.92. The first-order chi connectivity index (χ1) is 10.1. The summed E-state index contributed by atoms with van der Waals surface area (Å²) in [4.78, 5) is 11.5. The zero-order valence-electron chi connectivity index (χ0n) is 12.9. The highest BCUT2D eigenvalue weighted by Crippen LogP contribution is 2.27. The van der Waals surface area contributed by atoms with Crippen LogP contribution in [0.5, 0.6) is 11.5 Å². The normalized spacial score (nSPS) is 18.1. The van der Waals surface area contributed by atoms with Crippen LogP contribution < -0.4 is 14.8 Å². The number of methoxy groups -OCH3 is 2. The van der Waals surface area contributed by atoms with Crippen LogP contribution in [-0.2, 0) is 11.2 Å². The van der Waals surface area contributed by atoms with Gasteiger partial charge in [0.15, 0.2) is 17.3 Å². The van der Waals surface area contributed by atoms with Crippen molar-refractivity contribution >= 4 is 5.78 Å². The van der Waals surface area contributed by atoms with Crippen LogP contribution in [0.4, 0.5) is 0 Å². The zero-order chi connectivity index (χ0) is 15.2. The molecular formula is C17H23NO3. The van der Waals surface area contributed by atoms with Crippen LogP contribution in [0.3, 0.4) is 0 Å². The molecule has 1 aromatic rings. The number of hydrogen-bond donors (Lipinski definition) is 1. The Morgan fingerprint density at radius 1 is 1.19 bits per heavy atom. The van der Waals surface area contributed by atoms with E-state index in [1.54, 1.807) is 20.3 Å². The average molecular weight is 289 g/mol. The summed E-state index contributed by atoms with van der Waals surface area (Å²) in [5.41, 5.74) is 2.23. The molecule has 114 valence electrons. The van der Waals surface area contributed by atoms with E-state index in [2.05, 4.69) is 12.2 Å². The van der Waals surface area contributed by atoms with E-state index >= 15 is 0 Å². The van der Waals surface area contributed by atoms with Gasteiger partial charge < -0.3 is 14.8 Å². The lowest BCUT2D eigenvalue weighted by Gasteiger charge is -2.19. The van der Waals surface area contributed by atoms with E-state index in [4.69, 9.17) is 9.47 Å². The van der Waals surface area contributed by atoms with E-state index in [9.17, 15) is 4.79 Å². The standard InChI is InChI=1S/C17H23NO3/c1-12-8-14(11-15(19)9-12)18-7-6-13-4-5-16(20-2)17(10-13)21-3/h4-5,10-12,18H,6-9H2,1-3H3/t12-/m1/s1. The first kappa shape index (κ1) is 15.4. The number of carbonyl (C=O) groups excluding carboxylic acids is 1. The smallest absolute Gasteiger partial charge is 0.160 e. The molecule has 4 heteroatoms. The molecule has 0 radical (unpaired) electrons. The molecule has 0 amide bonds. The van der Waals surface area contributed by atoms with Crippen molar-refractivity contribution in [3.05, 3.63) is 35.5 Å². The average Bonchev–Trinajstić information content (AvgIpc) is 2.46. The zero-order valence-corrected chi connectivity index (χ0v) is 12.9. The Hall–Kier alpha value is -1.97. The van der Waals surface area contributed by atoms with Crippen LogP contribution in [0.1, 0.15) is 25.3 Å². The molecule has 0 saturated heterocycles. The molecule has 1 N–H and O–H groups in total. The Balaban J connectivity index is 1.90. The fourth-order valence-electron chi connectivity index (χ4n) is 2.63. The van der Waals surface area contributed by atoms with Gasteiger partial charge in [-0.3, -0.25) is 4.79 Å². The van der Waals surface area contributed by atoms with Crippen LogP contribution in [0, 0.1) is 5.92 Å². The molecule has 4 nitrogen and oxygen atoms in total. The molecule has 0 unspecified atom stereocenters. The lowest BCUT2D eigenvalue weighted by atomic mass is 9.93. The van der Waals surface area contributed by atoms with E-state index < -0.39 is 0 Å². The van der Waals surface area contributed by atoms with Crippen LogP contribution >= 0.6 is 0 Å². The summed E-state index contributed by atoms with van der Waals surface area (Å²) in [5, 5.41) is 3.37. The summed E-state index contributed by atoms with van der Waals surface area (Å²) in [6, 6.07) is 5.94. The van der Waals surface area contributed by atoms with Crippen molar-refractivity contribution in [1.29, 1.82) is 0 Å². The van der Waals surface area contributed by atoms with Gasteiger partial charge in [0.1, 0.15) is 0 Å². The van der Waals surface area contributed by atoms with Gasteiger partial charge in [0.05, 0.1) is 14.2 Å². The van der Waals surface area contributed by atoms with Gasteiger partial charge in [-0.1, -0.05) is 13.0 Å². The molecule has 0 aliphatic heterocycles. The summed E-state index contributed by atoms with van der Waals surface area (Å²) in [5.74, 6) is 2.15. The maximum Gasteiger partial charge on any atom is 0.160 e. The second-order valence-corrected chi connectivity index (χ2v) is 5.52. The summed E-state index contributed by atoms with van der Waals surface area (Å²) in [6.07, 6.45) is 4.24. The Kier molecular flexibility index (Phi) is 5.26. The topological polar surface area (TPSA) is 47.6 Å².